The van der Waals surface area contributed by atoms with Crippen LogP contribution in [0.25, 0.3) is 10.9 Å². The number of hydrogen-bond donors (Lipinski definition) is 2. The van der Waals surface area contributed by atoms with Crippen LogP contribution in [0.15, 0.2) is 42.5 Å². The van der Waals surface area contributed by atoms with Crippen molar-refractivity contribution in [3.05, 3.63) is 59.5 Å². The van der Waals surface area contributed by atoms with Gasteiger partial charge in [-0.1, -0.05) is 11.6 Å². The monoisotopic (exact) mass is 269 g/mol. The fraction of sp³-hybridized carbons (Fsp3) is 0.0667. The summed E-state index contributed by atoms with van der Waals surface area (Å²) in [5.74, 6) is -0.669. The molecule has 0 spiro atoms. The molecule has 0 unspecified atom stereocenters. The summed E-state index contributed by atoms with van der Waals surface area (Å²) in [5, 5.41) is 10.3. The maximum absolute atomic E-state index is 12.8. The number of fused-ring (bicyclic) bond motifs is 1. The smallest absolute Gasteiger partial charge is 0.276 e. The van der Waals surface area contributed by atoms with E-state index in [-0.39, 0.29) is 11.7 Å². The zero-order valence-electron chi connectivity index (χ0n) is 10.8. The van der Waals surface area contributed by atoms with E-state index in [1.807, 2.05) is 25.1 Å². The lowest BCUT2D eigenvalue weighted by molar-refractivity contribution is 0.102. The summed E-state index contributed by atoms with van der Waals surface area (Å²) in [6, 6.07) is 11.3. The number of benzene rings is 2. The Balaban J connectivity index is 1.92. The van der Waals surface area contributed by atoms with Crippen LogP contribution in [0.3, 0.4) is 0 Å². The van der Waals surface area contributed by atoms with Crippen LogP contribution in [0.5, 0.6) is 0 Å². The van der Waals surface area contributed by atoms with E-state index >= 15 is 0 Å². The van der Waals surface area contributed by atoms with Crippen molar-refractivity contribution in [2.45, 2.75) is 6.92 Å². The number of aryl methyl sites for hydroxylation is 1. The summed E-state index contributed by atoms with van der Waals surface area (Å²) in [6.45, 7) is 1.95. The number of anilines is 1. The second kappa shape index (κ2) is 4.77. The highest BCUT2D eigenvalue weighted by Crippen LogP contribution is 2.19. The Kier molecular flexibility index (Phi) is 2.95. The van der Waals surface area contributed by atoms with Gasteiger partial charge in [-0.15, -0.1) is 0 Å². The van der Waals surface area contributed by atoms with Crippen molar-refractivity contribution in [2.75, 3.05) is 5.32 Å². The molecule has 1 amide bonds. The van der Waals surface area contributed by atoms with Gasteiger partial charge in [0.05, 0.1) is 5.52 Å². The van der Waals surface area contributed by atoms with Gasteiger partial charge in [-0.2, -0.15) is 5.10 Å². The molecule has 0 saturated heterocycles. The molecule has 1 heterocycles. The Hall–Kier alpha value is -2.69. The third-order valence-electron chi connectivity index (χ3n) is 3.04. The predicted molar refractivity (Wildman–Crippen MR) is 75.2 cm³/mol. The minimum Gasteiger partial charge on any atom is -0.321 e. The topological polar surface area (TPSA) is 57.8 Å². The molecule has 0 saturated carbocycles. The Morgan fingerprint density at radius 3 is 2.70 bits per heavy atom. The highest BCUT2D eigenvalue weighted by atomic mass is 19.1. The first-order valence-electron chi connectivity index (χ1n) is 6.15. The van der Waals surface area contributed by atoms with Gasteiger partial charge >= 0.3 is 0 Å². The van der Waals surface area contributed by atoms with Gasteiger partial charge < -0.3 is 5.32 Å². The number of nitrogens with one attached hydrogen (secondary N) is 2. The number of aromatic amines is 1. The molecule has 3 rings (SSSR count). The Morgan fingerprint density at radius 1 is 1.20 bits per heavy atom. The number of hydrogen-bond acceptors (Lipinski definition) is 2. The van der Waals surface area contributed by atoms with Crippen LogP contribution >= 0.6 is 0 Å². The third kappa shape index (κ3) is 2.25. The van der Waals surface area contributed by atoms with E-state index in [0.717, 1.165) is 16.5 Å². The van der Waals surface area contributed by atoms with E-state index in [0.29, 0.717) is 11.4 Å². The molecule has 20 heavy (non-hydrogen) atoms. The van der Waals surface area contributed by atoms with E-state index in [9.17, 15) is 9.18 Å². The minimum atomic E-state index is -0.344. The predicted octanol–water partition coefficient (Wildman–Crippen LogP) is 3.26. The van der Waals surface area contributed by atoms with Crippen LogP contribution in [0.2, 0.25) is 0 Å². The maximum atomic E-state index is 12.8. The van der Waals surface area contributed by atoms with Crippen LogP contribution in [0.1, 0.15) is 16.1 Å². The second-order valence-corrected chi connectivity index (χ2v) is 4.58. The number of carbonyl (C=O) groups is 1. The van der Waals surface area contributed by atoms with Crippen molar-refractivity contribution in [3.8, 4) is 0 Å². The van der Waals surface area contributed by atoms with Crippen molar-refractivity contribution in [1.82, 2.24) is 10.2 Å². The quantitative estimate of drug-likeness (QED) is 0.750. The zero-order chi connectivity index (χ0) is 14.1. The molecule has 0 atom stereocenters. The molecule has 2 N–H and O–H groups in total. The first kappa shape index (κ1) is 12.3. The molecule has 5 heteroatoms. The van der Waals surface area contributed by atoms with Gasteiger partial charge in [-0.25, -0.2) is 4.39 Å². The highest BCUT2D eigenvalue weighted by molar-refractivity contribution is 6.11. The van der Waals surface area contributed by atoms with Gasteiger partial charge in [0.15, 0.2) is 5.69 Å². The van der Waals surface area contributed by atoms with Crippen molar-refractivity contribution in [1.29, 1.82) is 0 Å². The summed E-state index contributed by atoms with van der Waals surface area (Å²) < 4.78 is 12.8. The lowest BCUT2D eigenvalue weighted by Gasteiger charge is -2.03. The maximum Gasteiger partial charge on any atom is 0.276 e. The van der Waals surface area contributed by atoms with Gasteiger partial charge in [0.25, 0.3) is 5.91 Å². The molecule has 3 aromatic rings. The van der Waals surface area contributed by atoms with Crippen LogP contribution in [0.4, 0.5) is 10.1 Å². The average molecular weight is 269 g/mol. The fourth-order valence-electron chi connectivity index (χ4n) is 2.02. The van der Waals surface area contributed by atoms with E-state index in [4.69, 9.17) is 0 Å². The van der Waals surface area contributed by atoms with Crippen LogP contribution in [0, 0.1) is 12.7 Å². The molecule has 0 aliphatic rings. The number of aromatic nitrogens is 2. The average Bonchev–Trinajstić information content (AvgIpc) is 2.84. The van der Waals surface area contributed by atoms with Crippen LogP contribution in [-0.2, 0) is 0 Å². The summed E-state index contributed by atoms with van der Waals surface area (Å²) in [4.78, 5) is 12.2. The molecule has 1 aromatic heterocycles. The number of halogens is 1. The molecule has 0 bridgehead atoms. The summed E-state index contributed by atoms with van der Waals surface area (Å²) >= 11 is 0. The SMILES string of the molecule is Cc1ccc2[nH]nc(C(=O)Nc3ccc(F)cc3)c2c1. The van der Waals surface area contributed by atoms with Gasteiger partial charge in [0, 0.05) is 11.1 Å². The van der Waals surface area contributed by atoms with Gasteiger partial charge in [0.1, 0.15) is 5.82 Å². The van der Waals surface area contributed by atoms with Crippen molar-refractivity contribution in [3.63, 3.8) is 0 Å². The molecule has 0 radical (unpaired) electrons. The largest absolute Gasteiger partial charge is 0.321 e. The summed E-state index contributed by atoms with van der Waals surface area (Å²) in [7, 11) is 0. The normalized spacial score (nSPS) is 10.7. The van der Waals surface area contributed by atoms with E-state index < -0.39 is 0 Å². The Labute approximate surface area is 114 Å². The zero-order valence-corrected chi connectivity index (χ0v) is 10.8. The van der Waals surface area contributed by atoms with E-state index in [2.05, 4.69) is 15.5 Å². The number of carbonyl (C=O) groups excluding carboxylic acids is 1. The standard InChI is InChI=1S/C15H12FN3O/c1-9-2-7-13-12(8-9)14(19-18-13)15(20)17-11-5-3-10(16)4-6-11/h2-8H,1H3,(H,17,20)(H,18,19). The van der Waals surface area contributed by atoms with Crippen LogP contribution in [-0.4, -0.2) is 16.1 Å². The van der Waals surface area contributed by atoms with Crippen molar-refractivity contribution in [2.24, 2.45) is 0 Å². The van der Waals surface area contributed by atoms with Gasteiger partial charge in [-0.05, 0) is 43.3 Å². The minimum absolute atomic E-state index is 0.326. The Bertz CT molecular complexity index is 777. The molecule has 100 valence electrons. The lowest BCUT2D eigenvalue weighted by atomic mass is 10.1. The van der Waals surface area contributed by atoms with Crippen LogP contribution < -0.4 is 5.32 Å². The molecular weight excluding hydrogens is 257 g/mol. The molecule has 0 aliphatic heterocycles. The molecule has 0 fully saturated rings. The van der Waals surface area contributed by atoms with E-state index in [1.165, 1.54) is 24.3 Å². The first-order chi connectivity index (χ1) is 9.63. The Morgan fingerprint density at radius 2 is 1.95 bits per heavy atom. The van der Waals surface area contributed by atoms with Gasteiger partial charge in [0.2, 0.25) is 0 Å². The highest BCUT2D eigenvalue weighted by Gasteiger charge is 2.14. The number of amides is 1. The molecular formula is C15H12FN3O. The molecule has 2 aromatic carbocycles. The third-order valence-corrected chi connectivity index (χ3v) is 3.04. The molecule has 0 aliphatic carbocycles. The van der Waals surface area contributed by atoms with Crippen molar-refractivity contribution < 1.29 is 9.18 Å². The number of rotatable bonds is 2. The number of nitrogens with zero attached hydrogens (tertiary/aromatic N) is 1. The van der Waals surface area contributed by atoms with E-state index in [1.54, 1.807) is 0 Å². The lowest BCUT2D eigenvalue weighted by Crippen LogP contribution is -2.12. The van der Waals surface area contributed by atoms with Crippen molar-refractivity contribution >= 4 is 22.5 Å². The summed E-state index contributed by atoms with van der Waals surface area (Å²) in [5.41, 5.74) is 2.71. The second-order valence-electron chi connectivity index (χ2n) is 4.58. The summed E-state index contributed by atoms with van der Waals surface area (Å²) in [6.07, 6.45) is 0. The molecule has 4 nitrogen and oxygen atoms in total. The van der Waals surface area contributed by atoms with Gasteiger partial charge in [-0.3, -0.25) is 9.89 Å². The number of H-pyrrole nitrogens is 1. The fourth-order valence-corrected chi connectivity index (χ4v) is 2.02. The first-order valence-corrected chi connectivity index (χ1v) is 6.15.